The highest BCUT2D eigenvalue weighted by Gasteiger charge is 2.16. The summed E-state index contributed by atoms with van der Waals surface area (Å²) in [5.74, 6) is -0.00481. The van der Waals surface area contributed by atoms with Crippen LogP contribution in [0.15, 0.2) is 42.1 Å². The summed E-state index contributed by atoms with van der Waals surface area (Å²) in [5.41, 5.74) is 5.09. The van der Waals surface area contributed by atoms with Gasteiger partial charge in [0, 0.05) is 30.7 Å². The first-order valence-electron chi connectivity index (χ1n) is 8.38. The van der Waals surface area contributed by atoms with Crippen molar-refractivity contribution in [2.24, 2.45) is 0 Å². The van der Waals surface area contributed by atoms with Gasteiger partial charge < -0.3 is 15.2 Å². The summed E-state index contributed by atoms with van der Waals surface area (Å²) in [4.78, 5) is 16.9. The van der Waals surface area contributed by atoms with Gasteiger partial charge in [0.05, 0.1) is 17.8 Å². The van der Waals surface area contributed by atoms with E-state index in [4.69, 9.17) is 0 Å². The fraction of sp³-hybridized carbons (Fsp3) is 0.368. The first-order chi connectivity index (χ1) is 11.6. The summed E-state index contributed by atoms with van der Waals surface area (Å²) in [6, 6.07) is 7.86. The summed E-state index contributed by atoms with van der Waals surface area (Å²) in [6.45, 7) is 7.22. The molecule has 0 fully saturated rings. The van der Waals surface area contributed by atoms with Crippen LogP contribution in [0, 0.1) is 13.8 Å². The average Bonchev–Trinajstić information content (AvgIpc) is 2.90. The van der Waals surface area contributed by atoms with E-state index in [2.05, 4.69) is 26.3 Å². The molecule has 2 N–H and O–H groups in total. The fourth-order valence-electron chi connectivity index (χ4n) is 3.05. The Morgan fingerprint density at radius 3 is 2.96 bits per heavy atom. The van der Waals surface area contributed by atoms with Crippen LogP contribution in [0.25, 0.3) is 0 Å². The number of pyridine rings is 1. The molecule has 5 nitrogen and oxygen atoms in total. The molecular weight excluding hydrogens is 300 g/mol. The number of aryl methyl sites for hydroxylation is 1. The van der Waals surface area contributed by atoms with Gasteiger partial charge in [0.1, 0.15) is 0 Å². The molecule has 2 aromatic heterocycles. The summed E-state index contributed by atoms with van der Waals surface area (Å²) >= 11 is 0. The summed E-state index contributed by atoms with van der Waals surface area (Å²) in [5, 5.41) is 6.33. The number of hydrogen-bond acceptors (Lipinski definition) is 3. The molecule has 0 unspecified atom stereocenters. The molecule has 3 heterocycles. The van der Waals surface area contributed by atoms with Gasteiger partial charge in [-0.25, -0.2) is 0 Å². The third-order valence-corrected chi connectivity index (χ3v) is 4.50. The maximum Gasteiger partial charge on any atom is 0.253 e. The molecule has 0 spiro atoms. The number of nitrogens with zero attached hydrogens (tertiary/aromatic N) is 2. The Balaban J connectivity index is 1.70. The molecule has 0 saturated heterocycles. The highest BCUT2D eigenvalue weighted by atomic mass is 16.1. The summed E-state index contributed by atoms with van der Waals surface area (Å²) in [6.07, 6.45) is 4.96. The summed E-state index contributed by atoms with van der Waals surface area (Å²) < 4.78 is 2.14. The number of carbonyl (C=O) groups excluding carboxylic acids is 1. The minimum absolute atomic E-state index is 0.00481. The molecule has 2 aromatic rings. The molecule has 24 heavy (non-hydrogen) atoms. The van der Waals surface area contributed by atoms with Gasteiger partial charge in [0.2, 0.25) is 0 Å². The zero-order chi connectivity index (χ0) is 16.9. The van der Waals surface area contributed by atoms with Gasteiger partial charge in [-0.2, -0.15) is 0 Å². The van der Waals surface area contributed by atoms with Crippen LogP contribution < -0.4 is 10.6 Å². The largest absolute Gasteiger partial charge is 0.348 e. The number of aromatic nitrogens is 2. The Morgan fingerprint density at radius 2 is 2.25 bits per heavy atom. The third kappa shape index (κ3) is 3.74. The van der Waals surface area contributed by atoms with E-state index < -0.39 is 0 Å². The van der Waals surface area contributed by atoms with Gasteiger partial charge in [-0.15, -0.1) is 0 Å². The molecule has 0 bridgehead atoms. The smallest absolute Gasteiger partial charge is 0.253 e. The van der Waals surface area contributed by atoms with E-state index in [9.17, 15) is 4.79 Å². The van der Waals surface area contributed by atoms with E-state index in [1.165, 1.54) is 5.57 Å². The number of carbonyl (C=O) groups is 1. The van der Waals surface area contributed by atoms with Crippen molar-refractivity contribution >= 4 is 5.91 Å². The molecule has 3 rings (SSSR count). The zero-order valence-corrected chi connectivity index (χ0v) is 14.3. The predicted molar refractivity (Wildman–Crippen MR) is 95.1 cm³/mol. The molecule has 1 aliphatic heterocycles. The number of rotatable bonds is 5. The summed E-state index contributed by atoms with van der Waals surface area (Å²) in [7, 11) is 0. The lowest BCUT2D eigenvalue weighted by molar-refractivity contribution is 0.0956. The van der Waals surface area contributed by atoms with Crippen LogP contribution >= 0.6 is 0 Å². The van der Waals surface area contributed by atoms with Crippen molar-refractivity contribution in [3.63, 3.8) is 0 Å². The second-order valence-corrected chi connectivity index (χ2v) is 6.19. The van der Waals surface area contributed by atoms with Crippen molar-refractivity contribution in [2.75, 3.05) is 19.6 Å². The normalized spacial score (nSPS) is 14.3. The standard InChI is InChI=1S/C19H24N4O/c1-14-11-18(19(24)22-12-16-6-9-20-10-7-16)15(2)23(14)13-17-5-3-4-8-21-17/h3-6,8,11,20H,7,9-10,12-13H2,1-2H3,(H,22,24). The highest BCUT2D eigenvalue weighted by Crippen LogP contribution is 2.17. The average molecular weight is 324 g/mol. The van der Waals surface area contributed by atoms with Crippen molar-refractivity contribution in [3.8, 4) is 0 Å². The lowest BCUT2D eigenvalue weighted by Gasteiger charge is -2.14. The maximum absolute atomic E-state index is 12.5. The van der Waals surface area contributed by atoms with Crippen LogP contribution in [-0.4, -0.2) is 35.1 Å². The molecule has 0 atom stereocenters. The molecule has 1 aliphatic rings. The molecule has 0 aromatic carbocycles. The Morgan fingerprint density at radius 1 is 1.38 bits per heavy atom. The van der Waals surface area contributed by atoms with Crippen LogP contribution in [-0.2, 0) is 6.54 Å². The minimum Gasteiger partial charge on any atom is -0.348 e. The molecule has 1 amide bonds. The highest BCUT2D eigenvalue weighted by molar-refractivity contribution is 5.95. The molecule has 0 saturated carbocycles. The number of amides is 1. The van der Waals surface area contributed by atoms with Gasteiger partial charge in [-0.1, -0.05) is 17.7 Å². The molecule has 5 heteroatoms. The monoisotopic (exact) mass is 324 g/mol. The van der Waals surface area contributed by atoms with Gasteiger partial charge in [-0.05, 0) is 45.0 Å². The minimum atomic E-state index is -0.00481. The van der Waals surface area contributed by atoms with Gasteiger partial charge in [0.25, 0.3) is 5.91 Å². The molecule has 126 valence electrons. The fourth-order valence-corrected chi connectivity index (χ4v) is 3.05. The Bertz CT molecular complexity index is 746. The van der Waals surface area contributed by atoms with E-state index in [1.807, 2.05) is 38.1 Å². The first-order valence-corrected chi connectivity index (χ1v) is 8.38. The van der Waals surface area contributed by atoms with Crippen LogP contribution in [0.3, 0.4) is 0 Å². The quantitative estimate of drug-likeness (QED) is 0.829. The topological polar surface area (TPSA) is 59.0 Å². The second kappa shape index (κ2) is 7.45. The number of hydrogen-bond donors (Lipinski definition) is 2. The molecule has 0 radical (unpaired) electrons. The van der Waals surface area contributed by atoms with E-state index in [-0.39, 0.29) is 5.91 Å². The van der Waals surface area contributed by atoms with Crippen molar-refractivity contribution in [1.29, 1.82) is 0 Å². The Kier molecular flexibility index (Phi) is 5.11. The maximum atomic E-state index is 12.5. The SMILES string of the molecule is Cc1cc(C(=O)NCC2=CCNCC2)c(C)n1Cc1ccccn1. The van der Waals surface area contributed by atoms with Crippen LogP contribution in [0.5, 0.6) is 0 Å². The lowest BCUT2D eigenvalue weighted by Crippen LogP contribution is -2.29. The number of nitrogens with one attached hydrogen (secondary N) is 2. The zero-order valence-electron chi connectivity index (χ0n) is 14.3. The van der Waals surface area contributed by atoms with Crippen LogP contribution in [0.1, 0.15) is 33.9 Å². The first kappa shape index (κ1) is 16.5. The van der Waals surface area contributed by atoms with Crippen molar-refractivity contribution < 1.29 is 4.79 Å². The van der Waals surface area contributed by atoms with E-state index in [0.29, 0.717) is 13.1 Å². The lowest BCUT2D eigenvalue weighted by atomic mass is 10.1. The van der Waals surface area contributed by atoms with E-state index >= 15 is 0 Å². The molecule has 0 aliphatic carbocycles. The van der Waals surface area contributed by atoms with Crippen LogP contribution in [0.2, 0.25) is 0 Å². The Hall–Kier alpha value is -2.40. The van der Waals surface area contributed by atoms with E-state index in [1.54, 1.807) is 6.20 Å². The van der Waals surface area contributed by atoms with Gasteiger partial charge >= 0.3 is 0 Å². The van der Waals surface area contributed by atoms with E-state index in [0.717, 1.165) is 42.2 Å². The van der Waals surface area contributed by atoms with Crippen molar-refractivity contribution in [3.05, 3.63) is 64.8 Å². The van der Waals surface area contributed by atoms with Crippen LogP contribution in [0.4, 0.5) is 0 Å². The third-order valence-electron chi connectivity index (χ3n) is 4.50. The second-order valence-electron chi connectivity index (χ2n) is 6.19. The Labute approximate surface area is 142 Å². The van der Waals surface area contributed by atoms with Crippen molar-refractivity contribution in [2.45, 2.75) is 26.8 Å². The van der Waals surface area contributed by atoms with Gasteiger partial charge in [0.15, 0.2) is 0 Å². The van der Waals surface area contributed by atoms with Gasteiger partial charge in [-0.3, -0.25) is 9.78 Å². The molecular formula is C19H24N4O. The van der Waals surface area contributed by atoms with Crippen molar-refractivity contribution in [1.82, 2.24) is 20.2 Å². The predicted octanol–water partition coefficient (Wildman–Crippen LogP) is 2.20.